The van der Waals surface area contributed by atoms with Crippen molar-refractivity contribution in [3.05, 3.63) is 0 Å². The van der Waals surface area contributed by atoms with Crippen molar-refractivity contribution in [2.45, 2.75) is 83.2 Å². The van der Waals surface area contributed by atoms with Gasteiger partial charge in [-0.3, -0.25) is 4.79 Å². The van der Waals surface area contributed by atoms with E-state index in [0.717, 1.165) is 58.0 Å². The number of rotatable bonds is 3. The molecule has 1 saturated heterocycles. The summed E-state index contributed by atoms with van der Waals surface area (Å²) in [7, 11) is 0. The Bertz CT molecular complexity index is 380. The molecule has 3 heteroatoms. The third-order valence-corrected chi connectivity index (χ3v) is 6.69. The van der Waals surface area contributed by atoms with Gasteiger partial charge in [-0.15, -0.1) is 0 Å². The summed E-state index contributed by atoms with van der Waals surface area (Å²) in [5.74, 6) is 0.418. The highest BCUT2D eigenvalue weighted by Crippen LogP contribution is 2.54. The molecule has 1 N–H and O–H groups in total. The average Bonchev–Trinajstić information content (AvgIpc) is 2.94. The van der Waals surface area contributed by atoms with Crippen LogP contribution < -0.4 is 0 Å². The van der Waals surface area contributed by atoms with Gasteiger partial charge in [0.2, 0.25) is 0 Å². The van der Waals surface area contributed by atoms with E-state index in [0.29, 0.717) is 11.8 Å². The smallest absolute Gasteiger partial charge is 0.309 e. The maximum Gasteiger partial charge on any atom is 0.309 e. The van der Waals surface area contributed by atoms with Crippen molar-refractivity contribution < 1.29 is 14.6 Å². The fraction of sp³-hybridized carbons (Fsp3) is 0.944. The van der Waals surface area contributed by atoms with E-state index in [-0.39, 0.29) is 5.60 Å². The fourth-order valence-electron chi connectivity index (χ4n) is 5.31. The second-order valence-electron chi connectivity index (χ2n) is 7.76. The van der Waals surface area contributed by atoms with Gasteiger partial charge >= 0.3 is 5.97 Å². The molecule has 3 fully saturated rings. The van der Waals surface area contributed by atoms with Crippen molar-refractivity contribution in [2.24, 2.45) is 17.3 Å². The highest BCUT2D eigenvalue weighted by Gasteiger charge is 2.54. The second kappa shape index (κ2) is 5.91. The van der Waals surface area contributed by atoms with Crippen LogP contribution in [0.2, 0.25) is 0 Å². The average molecular weight is 294 g/mol. The lowest BCUT2D eigenvalue weighted by Gasteiger charge is -2.47. The summed E-state index contributed by atoms with van der Waals surface area (Å²) in [6.07, 6.45) is 12.1. The van der Waals surface area contributed by atoms with Crippen LogP contribution in [0.3, 0.4) is 0 Å². The maximum absolute atomic E-state index is 12.1. The first-order chi connectivity index (χ1) is 10.1. The van der Waals surface area contributed by atoms with Gasteiger partial charge in [0.25, 0.3) is 0 Å². The van der Waals surface area contributed by atoms with Crippen LogP contribution in [0.5, 0.6) is 0 Å². The molecule has 21 heavy (non-hydrogen) atoms. The predicted octanol–water partition coefficient (Wildman–Crippen LogP) is 4.40. The number of carbonyl (C=O) groups is 1. The molecular formula is C18H30O3. The van der Waals surface area contributed by atoms with Gasteiger partial charge in [0.1, 0.15) is 0 Å². The van der Waals surface area contributed by atoms with Crippen LogP contribution in [-0.4, -0.2) is 23.3 Å². The van der Waals surface area contributed by atoms with E-state index in [1.807, 2.05) is 0 Å². The van der Waals surface area contributed by atoms with Crippen LogP contribution >= 0.6 is 0 Å². The molecule has 3 atom stereocenters. The lowest BCUT2D eigenvalue weighted by atomic mass is 9.64. The molecule has 0 amide bonds. The molecule has 3 nitrogen and oxygen atoms in total. The zero-order valence-electron chi connectivity index (χ0n) is 13.4. The van der Waals surface area contributed by atoms with Gasteiger partial charge in [-0.25, -0.2) is 0 Å². The van der Waals surface area contributed by atoms with E-state index >= 15 is 0 Å². The molecule has 2 saturated carbocycles. The minimum absolute atomic E-state index is 0.0217. The van der Waals surface area contributed by atoms with E-state index in [9.17, 15) is 9.90 Å². The summed E-state index contributed by atoms with van der Waals surface area (Å²) in [6.45, 7) is 2.98. The van der Waals surface area contributed by atoms with Crippen molar-refractivity contribution in [3.8, 4) is 0 Å². The highest BCUT2D eigenvalue weighted by molar-refractivity contribution is 5.75. The molecule has 0 bridgehead atoms. The molecule has 1 spiro atoms. The van der Waals surface area contributed by atoms with Crippen LogP contribution in [0, 0.1) is 17.3 Å². The van der Waals surface area contributed by atoms with Crippen molar-refractivity contribution in [1.82, 2.24) is 0 Å². The first kappa shape index (κ1) is 15.3. The molecule has 1 aliphatic heterocycles. The minimum Gasteiger partial charge on any atom is -0.481 e. The van der Waals surface area contributed by atoms with Gasteiger partial charge in [0, 0.05) is 6.61 Å². The minimum atomic E-state index is -0.531. The Labute approximate surface area is 128 Å². The zero-order chi connectivity index (χ0) is 14.9. The summed E-state index contributed by atoms with van der Waals surface area (Å²) in [5.41, 5.74) is -0.428. The van der Waals surface area contributed by atoms with Gasteiger partial charge in [0.15, 0.2) is 0 Å². The van der Waals surface area contributed by atoms with Crippen LogP contribution in [-0.2, 0) is 9.53 Å². The Morgan fingerprint density at radius 1 is 1.14 bits per heavy atom. The van der Waals surface area contributed by atoms with Gasteiger partial charge in [-0.05, 0) is 56.8 Å². The monoisotopic (exact) mass is 294 g/mol. The Hall–Kier alpha value is -0.570. The summed E-state index contributed by atoms with van der Waals surface area (Å²) < 4.78 is 6.18. The number of hydrogen-bond acceptors (Lipinski definition) is 2. The van der Waals surface area contributed by atoms with Gasteiger partial charge in [-0.2, -0.15) is 0 Å². The highest BCUT2D eigenvalue weighted by atomic mass is 16.5. The van der Waals surface area contributed by atoms with E-state index in [2.05, 4.69) is 6.92 Å². The summed E-state index contributed by atoms with van der Waals surface area (Å²) in [5, 5.41) is 9.98. The van der Waals surface area contributed by atoms with Gasteiger partial charge in [-0.1, -0.05) is 32.6 Å². The van der Waals surface area contributed by atoms with E-state index < -0.39 is 11.4 Å². The summed E-state index contributed by atoms with van der Waals surface area (Å²) in [4.78, 5) is 12.1. The quantitative estimate of drug-likeness (QED) is 0.839. The van der Waals surface area contributed by atoms with Crippen molar-refractivity contribution >= 4 is 5.97 Å². The third-order valence-electron chi connectivity index (χ3n) is 6.69. The first-order valence-electron chi connectivity index (χ1n) is 8.98. The maximum atomic E-state index is 12.1. The number of carboxylic acid groups (broad SMARTS) is 1. The van der Waals surface area contributed by atoms with Crippen LogP contribution in [0.15, 0.2) is 0 Å². The second-order valence-corrected chi connectivity index (χ2v) is 7.76. The molecule has 3 aliphatic rings. The Kier molecular flexibility index (Phi) is 4.31. The number of carboxylic acids is 1. The molecule has 0 radical (unpaired) electrons. The topological polar surface area (TPSA) is 46.5 Å². The number of aliphatic carboxylic acids is 1. The van der Waals surface area contributed by atoms with Crippen LogP contribution in [0.4, 0.5) is 0 Å². The Morgan fingerprint density at radius 3 is 2.52 bits per heavy atom. The standard InChI is InChI=1S/C18H30O3/c1-2-14-6-10-18(12-14,16(19)20)15-7-11-21-17(13-15)8-4-3-5-9-17/h14-15H,2-13H2,1H3,(H,19,20). The van der Waals surface area contributed by atoms with Crippen molar-refractivity contribution in [2.75, 3.05) is 6.61 Å². The predicted molar refractivity (Wildman–Crippen MR) is 82.2 cm³/mol. The molecule has 3 rings (SSSR count). The number of ether oxygens (including phenoxy) is 1. The largest absolute Gasteiger partial charge is 0.481 e. The SMILES string of the molecule is CCC1CCC(C(=O)O)(C2CCOC3(CCCCC3)C2)C1. The van der Waals surface area contributed by atoms with E-state index in [4.69, 9.17) is 4.74 Å². The lowest BCUT2D eigenvalue weighted by molar-refractivity contribution is -0.167. The molecular weight excluding hydrogens is 264 g/mol. The van der Waals surface area contributed by atoms with E-state index in [1.165, 1.54) is 19.3 Å². The molecule has 1 heterocycles. The molecule has 0 aromatic carbocycles. The number of hydrogen-bond donors (Lipinski definition) is 1. The van der Waals surface area contributed by atoms with Gasteiger partial charge < -0.3 is 9.84 Å². The third kappa shape index (κ3) is 2.74. The fourth-order valence-corrected chi connectivity index (χ4v) is 5.31. The van der Waals surface area contributed by atoms with Crippen LogP contribution in [0.1, 0.15) is 77.6 Å². The Morgan fingerprint density at radius 2 is 1.90 bits per heavy atom. The first-order valence-corrected chi connectivity index (χ1v) is 8.98. The molecule has 120 valence electrons. The van der Waals surface area contributed by atoms with Crippen molar-refractivity contribution in [1.29, 1.82) is 0 Å². The summed E-state index contributed by atoms with van der Waals surface area (Å²) >= 11 is 0. The zero-order valence-corrected chi connectivity index (χ0v) is 13.4. The van der Waals surface area contributed by atoms with Crippen molar-refractivity contribution in [3.63, 3.8) is 0 Å². The van der Waals surface area contributed by atoms with Crippen LogP contribution in [0.25, 0.3) is 0 Å². The molecule has 3 unspecified atom stereocenters. The van der Waals surface area contributed by atoms with Gasteiger partial charge in [0.05, 0.1) is 11.0 Å². The Balaban J connectivity index is 1.78. The summed E-state index contributed by atoms with van der Waals surface area (Å²) in [6, 6.07) is 0. The molecule has 0 aromatic heterocycles. The lowest BCUT2D eigenvalue weighted by Crippen LogP contribution is -2.48. The molecule has 2 aliphatic carbocycles. The molecule has 0 aromatic rings. The van der Waals surface area contributed by atoms with E-state index in [1.54, 1.807) is 0 Å². The normalized spacial score (nSPS) is 39.5.